The lowest BCUT2D eigenvalue weighted by Gasteiger charge is -2.25. The number of rotatable bonds is 7. The molecule has 1 aromatic heterocycles. The van der Waals surface area contributed by atoms with Gasteiger partial charge >= 0.3 is 0 Å². The number of H-pyrrole nitrogens is 1. The van der Waals surface area contributed by atoms with Gasteiger partial charge in [-0.15, -0.1) is 0 Å². The summed E-state index contributed by atoms with van der Waals surface area (Å²) in [7, 11) is 1.57. The number of fused-ring (bicyclic) bond motifs is 1. The number of para-hydroxylation sites is 2. The number of amides is 1. The largest absolute Gasteiger partial charge is 0.493 e. The van der Waals surface area contributed by atoms with Gasteiger partial charge in [-0.2, -0.15) is 0 Å². The fourth-order valence-electron chi connectivity index (χ4n) is 3.00. The van der Waals surface area contributed by atoms with Crippen LogP contribution in [0.25, 0.3) is 10.9 Å². The molecule has 0 saturated carbocycles. The summed E-state index contributed by atoms with van der Waals surface area (Å²) in [6.07, 6.45) is 1.97. The summed E-state index contributed by atoms with van der Waals surface area (Å²) in [5.74, 6) is 0.953. The molecule has 3 rings (SSSR count). The number of nitrogens with one attached hydrogen (secondary N) is 2. The molecule has 0 aliphatic heterocycles. The van der Waals surface area contributed by atoms with Crippen molar-refractivity contribution in [2.24, 2.45) is 0 Å². The average Bonchev–Trinajstić information content (AvgIpc) is 3.09. The van der Waals surface area contributed by atoms with Gasteiger partial charge in [0.15, 0.2) is 18.1 Å². The van der Waals surface area contributed by atoms with Crippen molar-refractivity contribution in [3.63, 3.8) is 0 Å². The van der Waals surface area contributed by atoms with Crippen molar-refractivity contribution in [3.05, 3.63) is 59.2 Å². The van der Waals surface area contributed by atoms with Crippen LogP contribution in [0.3, 0.4) is 0 Å². The number of carbonyl (C=O) groups is 1. The van der Waals surface area contributed by atoms with Crippen molar-refractivity contribution in [2.75, 3.05) is 20.3 Å². The van der Waals surface area contributed by atoms with E-state index in [1.165, 1.54) is 0 Å². The first-order valence-corrected chi connectivity index (χ1v) is 9.08. The second-order valence-corrected chi connectivity index (χ2v) is 7.43. The second kappa shape index (κ2) is 7.92. The minimum atomic E-state index is -0.275. The van der Waals surface area contributed by atoms with E-state index in [1.807, 2.05) is 36.5 Å². The van der Waals surface area contributed by atoms with Crippen LogP contribution in [0.4, 0.5) is 0 Å². The Morgan fingerprint density at radius 2 is 1.93 bits per heavy atom. The quantitative estimate of drug-likeness (QED) is 0.636. The number of ether oxygens (including phenoxy) is 2. The Morgan fingerprint density at radius 1 is 1.19 bits per heavy atom. The minimum Gasteiger partial charge on any atom is -0.493 e. The normalized spacial score (nSPS) is 11.4. The van der Waals surface area contributed by atoms with Gasteiger partial charge in [0.25, 0.3) is 5.91 Å². The van der Waals surface area contributed by atoms with E-state index < -0.39 is 0 Å². The molecule has 27 heavy (non-hydrogen) atoms. The van der Waals surface area contributed by atoms with E-state index in [0.29, 0.717) is 23.1 Å². The average molecular weight is 387 g/mol. The molecule has 1 amide bonds. The maximum atomic E-state index is 12.2. The van der Waals surface area contributed by atoms with Crippen LogP contribution >= 0.6 is 11.6 Å². The van der Waals surface area contributed by atoms with Crippen LogP contribution in [-0.2, 0) is 10.2 Å². The molecule has 3 aromatic rings. The summed E-state index contributed by atoms with van der Waals surface area (Å²) < 4.78 is 10.8. The molecule has 0 fully saturated rings. The van der Waals surface area contributed by atoms with Gasteiger partial charge in [0.2, 0.25) is 0 Å². The molecule has 0 aliphatic rings. The van der Waals surface area contributed by atoms with Crippen LogP contribution in [0.15, 0.2) is 48.7 Å². The zero-order valence-electron chi connectivity index (χ0n) is 15.6. The summed E-state index contributed by atoms with van der Waals surface area (Å²) in [6, 6.07) is 13.0. The van der Waals surface area contributed by atoms with Gasteiger partial charge < -0.3 is 19.8 Å². The molecule has 0 saturated heterocycles. The number of benzene rings is 2. The molecular weight excluding hydrogens is 364 g/mol. The number of methoxy groups -OCH3 is 1. The van der Waals surface area contributed by atoms with E-state index in [0.717, 1.165) is 16.5 Å². The lowest BCUT2D eigenvalue weighted by Crippen LogP contribution is -2.38. The maximum Gasteiger partial charge on any atom is 0.257 e. The molecule has 0 atom stereocenters. The predicted molar refractivity (Wildman–Crippen MR) is 108 cm³/mol. The van der Waals surface area contributed by atoms with Crippen molar-refractivity contribution in [2.45, 2.75) is 19.3 Å². The molecule has 142 valence electrons. The van der Waals surface area contributed by atoms with Crippen LogP contribution in [0.1, 0.15) is 19.4 Å². The van der Waals surface area contributed by atoms with Crippen molar-refractivity contribution in [1.82, 2.24) is 10.3 Å². The Labute approximate surface area is 163 Å². The Hall–Kier alpha value is -2.66. The van der Waals surface area contributed by atoms with Crippen LogP contribution in [0, 0.1) is 0 Å². The highest BCUT2D eigenvalue weighted by molar-refractivity contribution is 6.31. The lowest BCUT2D eigenvalue weighted by atomic mass is 9.84. The van der Waals surface area contributed by atoms with Gasteiger partial charge in [0, 0.05) is 34.1 Å². The van der Waals surface area contributed by atoms with E-state index in [4.69, 9.17) is 21.1 Å². The number of hydrogen-bond donors (Lipinski definition) is 2. The molecule has 1 heterocycles. The molecule has 0 radical (unpaired) electrons. The number of aromatic amines is 1. The second-order valence-electron chi connectivity index (χ2n) is 6.99. The highest BCUT2D eigenvalue weighted by Crippen LogP contribution is 2.31. The highest BCUT2D eigenvalue weighted by Gasteiger charge is 2.25. The third-order valence-corrected chi connectivity index (χ3v) is 4.76. The lowest BCUT2D eigenvalue weighted by molar-refractivity contribution is -0.123. The molecule has 2 N–H and O–H groups in total. The van der Waals surface area contributed by atoms with Crippen LogP contribution in [0.5, 0.6) is 11.5 Å². The topological polar surface area (TPSA) is 63.4 Å². The first kappa shape index (κ1) is 19.1. The Morgan fingerprint density at radius 3 is 2.67 bits per heavy atom. The van der Waals surface area contributed by atoms with E-state index >= 15 is 0 Å². The van der Waals surface area contributed by atoms with Crippen LogP contribution in [-0.4, -0.2) is 31.2 Å². The molecule has 6 heteroatoms. The highest BCUT2D eigenvalue weighted by atomic mass is 35.5. The van der Waals surface area contributed by atoms with E-state index in [1.54, 1.807) is 19.2 Å². The predicted octanol–water partition coefficient (Wildman–Crippen LogP) is 4.30. The molecule has 5 nitrogen and oxygen atoms in total. The Kier molecular flexibility index (Phi) is 5.61. The standard InChI is InChI=1S/C21H23ClN2O3/c1-21(2,16-11-23-17-9-8-14(22)10-15(16)17)13-24-20(25)12-27-19-7-5-4-6-18(19)26-3/h4-11,23H,12-13H2,1-3H3,(H,24,25). The zero-order valence-corrected chi connectivity index (χ0v) is 16.4. The molecule has 0 bridgehead atoms. The summed E-state index contributed by atoms with van der Waals surface area (Å²) in [4.78, 5) is 15.5. The minimum absolute atomic E-state index is 0.0732. The molecular formula is C21H23ClN2O3. The molecule has 0 unspecified atom stereocenters. The van der Waals surface area contributed by atoms with E-state index in [2.05, 4.69) is 24.1 Å². The van der Waals surface area contributed by atoms with E-state index in [9.17, 15) is 4.79 Å². The number of halogens is 1. The number of carbonyl (C=O) groups excluding carboxylic acids is 1. The molecule has 0 spiro atoms. The van der Waals surface area contributed by atoms with Gasteiger partial charge in [-0.3, -0.25) is 4.79 Å². The number of aromatic nitrogens is 1. The third-order valence-electron chi connectivity index (χ3n) is 4.53. The monoisotopic (exact) mass is 386 g/mol. The maximum absolute atomic E-state index is 12.2. The van der Waals surface area contributed by atoms with Gasteiger partial charge in [0.05, 0.1) is 7.11 Å². The smallest absolute Gasteiger partial charge is 0.257 e. The van der Waals surface area contributed by atoms with Crippen molar-refractivity contribution < 1.29 is 14.3 Å². The first-order chi connectivity index (χ1) is 12.9. The fraction of sp³-hybridized carbons (Fsp3) is 0.286. The van der Waals surface area contributed by atoms with Gasteiger partial charge in [-0.25, -0.2) is 0 Å². The van der Waals surface area contributed by atoms with Crippen LogP contribution in [0.2, 0.25) is 5.02 Å². The zero-order chi connectivity index (χ0) is 19.4. The summed E-state index contributed by atoms with van der Waals surface area (Å²) in [5, 5.41) is 4.70. The van der Waals surface area contributed by atoms with Crippen molar-refractivity contribution >= 4 is 28.4 Å². The van der Waals surface area contributed by atoms with Gasteiger partial charge in [-0.05, 0) is 35.9 Å². The van der Waals surface area contributed by atoms with Crippen molar-refractivity contribution in [1.29, 1.82) is 0 Å². The molecule has 0 aliphatic carbocycles. The van der Waals surface area contributed by atoms with Crippen molar-refractivity contribution in [3.8, 4) is 11.5 Å². The summed E-state index contributed by atoms with van der Waals surface area (Å²) in [5.41, 5.74) is 1.85. The Balaban J connectivity index is 1.62. The number of hydrogen-bond acceptors (Lipinski definition) is 3. The fourth-order valence-corrected chi connectivity index (χ4v) is 3.17. The first-order valence-electron chi connectivity index (χ1n) is 8.70. The van der Waals surface area contributed by atoms with Gasteiger partial charge in [0.1, 0.15) is 0 Å². The van der Waals surface area contributed by atoms with Crippen LogP contribution < -0.4 is 14.8 Å². The third kappa shape index (κ3) is 4.37. The van der Waals surface area contributed by atoms with Gasteiger partial charge in [-0.1, -0.05) is 37.6 Å². The van der Waals surface area contributed by atoms with E-state index in [-0.39, 0.29) is 17.9 Å². The molecule has 2 aromatic carbocycles. The Bertz CT molecular complexity index is 950. The summed E-state index contributed by atoms with van der Waals surface area (Å²) in [6.45, 7) is 4.56. The SMILES string of the molecule is COc1ccccc1OCC(=O)NCC(C)(C)c1c[nH]c2ccc(Cl)cc12. The summed E-state index contributed by atoms with van der Waals surface area (Å²) >= 11 is 6.14.